The van der Waals surface area contributed by atoms with E-state index in [0.29, 0.717) is 27.6 Å². The first-order valence-electron chi connectivity index (χ1n) is 11.6. The Balaban J connectivity index is 1.83. The van der Waals surface area contributed by atoms with Crippen molar-refractivity contribution in [3.8, 4) is 0 Å². The SMILES string of the molecule is CC[C@@H](CS(=O)(=O)C1COC1)N1C(=O)[C@H](CC(=O)O)O[C@H](c2cccc(Cl)c2)[C@H]1c1ccc(Cl)cc1. The number of nitrogens with zero attached hydrogens (tertiary/aromatic N) is 1. The second-order valence-electron chi connectivity index (χ2n) is 8.99. The molecule has 1 amide bonds. The van der Waals surface area contributed by atoms with E-state index < -0.39 is 57.7 Å². The number of carbonyl (C=O) groups excluding carboxylic acids is 1. The number of carboxylic acid groups (broad SMARTS) is 1. The van der Waals surface area contributed by atoms with E-state index in [-0.39, 0.29) is 19.0 Å². The highest BCUT2D eigenvalue weighted by Gasteiger charge is 2.48. The summed E-state index contributed by atoms with van der Waals surface area (Å²) in [7, 11) is -3.57. The number of hydrogen-bond donors (Lipinski definition) is 1. The normalized spacial score (nSPS) is 23.8. The molecule has 4 rings (SSSR count). The van der Waals surface area contributed by atoms with Gasteiger partial charge in [0.05, 0.1) is 31.4 Å². The summed E-state index contributed by atoms with van der Waals surface area (Å²) in [5.74, 6) is -2.03. The Bertz CT molecular complexity index is 1220. The van der Waals surface area contributed by atoms with Gasteiger partial charge in [-0.05, 0) is 41.8 Å². The summed E-state index contributed by atoms with van der Waals surface area (Å²) in [6.07, 6.45) is -2.31. The van der Waals surface area contributed by atoms with Gasteiger partial charge < -0.3 is 19.5 Å². The number of carbonyl (C=O) groups is 2. The van der Waals surface area contributed by atoms with E-state index in [1.807, 2.05) is 0 Å². The van der Waals surface area contributed by atoms with Crippen LogP contribution in [0.5, 0.6) is 0 Å². The van der Waals surface area contributed by atoms with Gasteiger partial charge in [-0.25, -0.2) is 8.42 Å². The maximum absolute atomic E-state index is 13.8. The summed E-state index contributed by atoms with van der Waals surface area (Å²) >= 11 is 12.4. The first-order valence-corrected chi connectivity index (χ1v) is 14.1. The van der Waals surface area contributed by atoms with Gasteiger partial charge in [-0.2, -0.15) is 0 Å². The molecule has 11 heteroatoms. The number of halogens is 2. The molecule has 2 aliphatic rings. The zero-order valence-electron chi connectivity index (χ0n) is 19.5. The van der Waals surface area contributed by atoms with E-state index in [1.165, 1.54) is 4.90 Å². The Kier molecular flexibility index (Phi) is 8.26. The molecule has 4 atom stereocenters. The fourth-order valence-corrected chi connectivity index (χ4v) is 6.76. The first kappa shape index (κ1) is 26.9. The summed E-state index contributed by atoms with van der Waals surface area (Å²) in [6.45, 7) is 2.06. The van der Waals surface area contributed by atoms with Crippen LogP contribution in [0.25, 0.3) is 0 Å². The number of amides is 1. The average molecular weight is 556 g/mol. The molecule has 36 heavy (non-hydrogen) atoms. The molecule has 1 N–H and O–H groups in total. The van der Waals surface area contributed by atoms with E-state index in [4.69, 9.17) is 32.7 Å². The van der Waals surface area contributed by atoms with Crippen LogP contribution < -0.4 is 0 Å². The van der Waals surface area contributed by atoms with Gasteiger partial charge in [0, 0.05) is 16.1 Å². The second kappa shape index (κ2) is 11.1. The molecular formula is C25H27Cl2NO7S. The number of ether oxygens (including phenoxy) is 2. The number of rotatable bonds is 9. The predicted octanol–water partition coefficient (Wildman–Crippen LogP) is 4.07. The van der Waals surface area contributed by atoms with Crippen molar-refractivity contribution in [1.82, 2.24) is 4.90 Å². The van der Waals surface area contributed by atoms with Gasteiger partial charge in [-0.3, -0.25) is 9.59 Å². The van der Waals surface area contributed by atoms with E-state index in [0.717, 1.165) is 0 Å². The Labute approximate surface area is 220 Å². The second-order valence-corrected chi connectivity index (χ2v) is 12.2. The maximum atomic E-state index is 13.8. The predicted molar refractivity (Wildman–Crippen MR) is 135 cm³/mol. The lowest BCUT2D eigenvalue weighted by atomic mass is 9.89. The molecule has 2 aromatic rings. The minimum atomic E-state index is -3.57. The molecule has 0 bridgehead atoms. The van der Waals surface area contributed by atoms with Crippen molar-refractivity contribution in [1.29, 1.82) is 0 Å². The van der Waals surface area contributed by atoms with Crippen LogP contribution in [0.1, 0.15) is 43.0 Å². The molecule has 0 radical (unpaired) electrons. The standard InChI is InChI=1S/C25H27Cl2NO7S/c1-2-19(14-36(32,33)20-12-34-13-20)28-23(15-6-8-17(26)9-7-15)24(16-4-3-5-18(27)10-16)35-21(25(28)31)11-22(29)30/h3-10,19-21,23-24H,2,11-14H2,1H3,(H,29,30)/t19-,21-,23+,24+/m0/s1. The Morgan fingerprint density at radius 1 is 1.11 bits per heavy atom. The van der Waals surface area contributed by atoms with Crippen LogP contribution >= 0.6 is 23.2 Å². The zero-order chi connectivity index (χ0) is 26.0. The molecule has 0 saturated carbocycles. The molecule has 2 saturated heterocycles. The van der Waals surface area contributed by atoms with Gasteiger partial charge >= 0.3 is 5.97 Å². The Morgan fingerprint density at radius 2 is 1.81 bits per heavy atom. The number of sulfone groups is 1. The lowest BCUT2D eigenvalue weighted by molar-refractivity contribution is -0.182. The van der Waals surface area contributed by atoms with Gasteiger partial charge in [0.25, 0.3) is 5.91 Å². The average Bonchev–Trinajstić information content (AvgIpc) is 2.77. The fourth-order valence-electron chi connectivity index (χ4n) is 4.62. The van der Waals surface area contributed by atoms with Crippen molar-refractivity contribution < 1.29 is 32.6 Å². The number of aliphatic carboxylic acids is 1. The molecule has 2 heterocycles. The van der Waals surface area contributed by atoms with Crippen LogP contribution in [-0.4, -0.2) is 66.7 Å². The molecule has 2 fully saturated rings. The minimum absolute atomic E-state index is 0.128. The molecule has 0 spiro atoms. The third kappa shape index (κ3) is 5.70. The van der Waals surface area contributed by atoms with Crippen LogP contribution in [0.15, 0.2) is 48.5 Å². The quantitative estimate of drug-likeness (QED) is 0.496. The van der Waals surface area contributed by atoms with Crippen molar-refractivity contribution in [2.24, 2.45) is 0 Å². The van der Waals surface area contributed by atoms with Gasteiger partial charge in [-0.15, -0.1) is 0 Å². The van der Waals surface area contributed by atoms with E-state index in [9.17, 15) is 23.1 Å². The van der Waals surface area contributed by atoms with Gasteiger partial charge in [0.1, 0.15) is 17.5 Å². The molecule has 8 nitrogen and oxygen atoms in total. The summed E-state index contributed by atoms with van der Waals surface area (Å²) < 4.78 is 37.4. The molecular weight excluding hydrogens is 529 g/mol. The van der Waals surface area contributed by atoms with Crippen molar-refractivity contribution >= 4 is 44.9 Å². The van der Waals surface area contributed by atoms with Crippen LogP contribution in [0.4, 0.5) is 0 Å². The van der Waals surface area contributed by atoms with Crippen molar-refractivity contribution in [3.63, 3.8) is 0 Å². The molecule has 0 aliphatic carbocycles. The van der Waals surface area contributed by atoms with Crippen molar-refractivity contribution in [2.75, 3.05) is 19.0 Å². The monoisotopic (exact) mass is 555 g/mol. The van der Waals surface area contributed by atoms with Gasteiger partial charge in [0.15, 0.2) is 9.84 Å². The number of hydrogen-bond acceptors (Lipinski definition) is 6. The van der Waals surface area contributed by atoms with Gasteiger partial charge in [-0.1, -0.05) is 54.4 Å². The topological polar surface area (TPSA) is 110 Å². The largest absolute Gasteiger partial charge is 0.481 e. The first-order chi connectivity index (χ1) is 17.1. The lowest BCUT2D eigenvalue weighted by Gasteiger charge is -2.48. The zero-order valence-corrected chi connectivity index (χ0v) is 21.9. The smallest absolute Gasteiger partial charge is 0.306 e. The summed E-state index contributed by atoms with van der Waals surface area (Å²) in [6, 6.07) is 12.3. The van der Waals surface area contributed by atoms with Gasteiger partial charge in [0.2, 0.25) is 0 Å². The summed E-state index contributed by atoms with van der Waals surface area (Å²) in [5, 5.41) is 9.81. The van der Waals surface area contributed by atoms with E-state index in [1.54, 1.807) is 55.5 Å². The number of carboxylic acids is 1. The minimum Gasteiger partial charge on any atom is -0.481 e. The van der Waals surface area contributed by atoms with Crippen molar-refractivity contribution in [3.05, 3.63) is 69.7 Å². The van der Waals surface area contributed by atoms with E-state index in [2.05, 4.69) is 0 Å². The Hall–Kier alpha value is -2.17. The highest BCUT2D eigenvalue weighted by molar-refractivity contribution is 7.92. The number of morpholine rings is 1. The molecule has 194 valence electrons. The van der Waals surface area contributed by atoms with Crippen LogP contribution in [-0.2, 0) is 28.9 Å². The number of benzene rings is 2. The molecule has 0 aromatic heterocycles. The highest BCUT2D eigenvalue weighted by atomic mass is 35.5. The highest BCUT2D eigenvalue weighted by Crippen LogP contribution is 2.45. The third-order valence-electron chi connectivity index (χ3n) is 6.58. The third-order valence-corrected chi connectivity index (χ3v) is 9.21. The van der Waals surface area contributed by atoms with Crippen LogP contribution in [0, 0.1) is 0 Å². The summed E-state index contributed by atoms with van der Waals surface area (Å²) in [5.41, 5.74) is 1.31. The van der Waals surface area contributed by atoms with E-state index >= 15 is 0 Å². The molecule has 0 unspecified atom stereocenters. The fraction of sp³-hybridized carbons (Fsp3) is 0.440. The van der Waals surface area contributed by atoms with Crippen LogP contribution in [0.2, 0.25) is 10.0 Å². The van der Waals surface area contributed by atoms with Crippen LogP contribution in [0.3, 0.4) is 0 Å². The maximum Gasteiger partial charge on any atom is 0.306 e. The Morgan fingerprint density at radius 3 is 2.36 bits per heavy atom. The summed E-state index contributed by atoms with van der Waals surface area (Å²) in [4.78, 5) is 26.9. The molecule has 2 aromatic carbocycles. The van der Waals surface area contributed by atoms with Crippen molar-refractivity contribution in [2.45, 2.75) is 49.3 Å². The lowest BCUT2D eigenvalue weighted by Crippen LogP contribution is -2.57. The molecule has 2 aliphatic heterocycles.